The highest BCUT2D eigenvalue weighted by molar-refractivity contribution is 5.88. The fourth-order valence-electron chi connectivity index (χ4n) is 4.99. The van der Waals surface area contributed by atoms with Gasteiger partial charge in [0.1, 0.15) is 65.2 Å². The van der Waals surface area contributed by atoms with Crippen LogP contribution in [0.4, 0.5) is 0 Å². The van der Waals surface area contributed by atoms with Gasteiger partial charge >= 0.3 is 0 Å². The van der Waals surface area contributed by atoms with E-state index in [1.165, 1.54) is 32.2 Å². The summed E-state index contributed by atoms with van der Waals surface area (Å²) >= 11 is 0. The van der Waals surface area contributed by atoms with Crippen molar-refractivity contribution in [1.29, 1.82) is 0 Å². The van der Waals surface area contributed by atoms with Crippen LogP contribution in [0.5, 0.6) is 28.7 Å². The van der Waals surface area contributed by atoms with Crippen LogP contribution in [0.15, 0.2) is 39.5 Å². The number of ether oxygens (including phenoxy) is 5. The molecule has 240 valence electrons. The Balaban J connectivity index is 1.49. The summed E-state index contributed by atoms with van der Waals surface area (Å²) in [6, 6.07) is 5.83. The molecule has 1 aromatic heterocycles. The molecule has 0 radical (unpaired) electrons. The first-order valence-corrected chi connectivity index (χ1v) is 13.4. The smallest absolute Gasteiger partial charge is 0.239 e. The summed E-state index contributed by atoms with van der Waals surface area (Å²) in [5.74, 6) is -2.28. The lowest BCUT2D eigenvalue weighted by Gasteiger charge is -2.42. The molecule has 3 aromatic rings. The van der Waals surface area contributed by atoms with Gasteiger partial charge in [-0.15, -0.1) is 0 Å². The van der Waals surface area contributed by atoms with Crippen LogP contribution < -0.4 is 14.9 Å². The van der Waals surface area contributed by atoms with E-state index < -0.39 is 96.1 Å². The molecule has 3 unspecified atom stereocenters. The molecule has 2 aliphatic rings. The minimum Gasteiger partial charge on any atom is -0.508 e. The van der Waals surface area contributed by atoms with Crippen molar-refractivity contribution in [2.24, 2.45) is 0 Å². The first-order valence-electron chi connectivity index (χ1n) is 13.4. The van der Waals surface area contributed by atoms with Gasteiger partial charge in [0.05, 0.1) is 19.8 Å². The zero-order chi connectivity index (χ0) is 32.0. The van der Waals surface area contributed by atoms with E-state index in [4.69, 9.17) is 28.1 Å². The largest absolute Gasteiger partial charge is 0.508 e. The molecule has 2 saturated heterocycles. The van der Waals surface area contributed by atoms with Gasteiger partial charge in [0.15, 0.2) is 23.5 Å². The maximum atomic E-state index is 13.7. The summed E-state index contributed by atoms with van der Waals surface area (Å²) in [6.07, 6.45) is -16.0. The molecule has 44 heavy (non-hydrogen) atoms. The van der Waals surface area contributed by atoms with Gasteiger partial charge in [-0.1, -0.05) is 0 Å². The molecule has 2 aromatic carbocycles. The Bertz CT molecular complexity index is 1560. The average molecular weight is 625 g/mol. The highest BCUT2D eigenvalue weighted by atomic mass is 16.7. The zero-order valence-corrected chi connectivity index (χ0v) is 23.3. The number of aliphatic hydroxyl groups is 6. The maximum absolute atomic E-state index is 13.7. The van der Waals surface area contributed by atoms with Gasteiger partial charge in [0, 0.05) is 17.7 Å². The van der Waals surface area contributed by atoms with Gasteiger partial charge in [-0.2, -0.15) is 0 Å². The summed E-state index contributed by atoms with van der Waals surface area (Å²) in [4.78, 5) is 13.7. The van der Waals surface area contributed by atoms with Gasteiger partial charge in [-0.3, -0.25) is 4.79 Å². The number of aromatic hydroxyl groups is 3. The third-order valence-electron chi connectivity index (χ3n) is 7.50. The molecule has 0 spiro atoms. The topological polar surface area (TPSA) is 258 Å². The summed E-state index contributed by atoms with van der Waals surface area (Å²) in [5, 5.41) is 92.1. The first kappa shape index (κ1) is 31.7. The Morgan fingerprint density at radius 1 is 0.795 bits per heavy atom. The SMILES string of the molecule is COc1cc(-c2oc3cc(O)cc(O)c3c(=O)c2OC2O[C@H](COC3O[C@@H](C)[C@H](O)[C@@H](O)C3O)[C@@H](O)[C@H](O)[C@H]2O)ccc1O. The fraction of sp³-hybridized carbons (Fsp3) is 0.464. The molecule has 0 aliphatic carbocycles. The van der Waals surface area contributed by atoms with Crippen LogP contribution in [0.2, 0.25) is 0 Å². The molecule has 10 atom stereocenters. The third kappa shape index (κ3) is 5.74. The van der Waals surface area contributed by atoms with E-state index >= 15 is 0 Å². The third-order valence-corrected chi connectivity index (χ3v) is 7.50. The summed E-state index contributed by atoms with van der Waals surface area (Å²) in [5.41, 5.74) is -1.11. The van der Waals surface area contributed by atoms with E-state index in [0.717, 1.165) is 12.1 Å². The standard InChI is InChI=1S/C28H32O16/c1-9-18(32)21(35)23(37)27(41-9)40-8-16-19(33)22(36)24(38)28(43-16)44-26-20(34)17-13(31)6-11(29)7-15(17)42-25(26)10-3-4-12(30)14(5-10)39-2/h3-7,9,16,18-19,21-24,27-33,35-38H,8H2,1-2H3/t9-,16+,18-,19+,21+,22-,23?,24+,27?,28?/m0/s1. The number of rotatable bonds is 7. The predicted octanol–water partition coefficient (Wildman–Crippen LogP) is -1.38. The van der Waals surface area contributed by atoms with Crippen LogP contribution in [0.1, 0.15) is 6.92 Å². The lowest BCUT2D eigenvalue weighted by Crippen LogP contribution is -2.61. The second-order valence-corrected chi connectivity index (χ2v) is 10.5. The lowest BCUT2D eigenvalue weighted by atomic mass is 9.98. The Morgan fingerprint density at radius 3 is 2.18 bits per heavy atom. The van der Waals surface area contributed by atoms with E-state index in [0.29, 0.717) is 0 Å². The number of hydrogen-bond donors (Lipinski definition) is 9. The average Bonchev–Trinajstić information content (AvgIpc) is 2.98. The normalized spacial score (nSPS) is 32.5. The molecule has 0 saturated carbocycles. The molecule has 0 amide bonds. The number of phenolic OH excluding ortho intramolecular Hbond substituents is 3. The van der Waals surface area contributed by atoms with Crippen molar-refractivity contribution in [2.45, 2.75) is 68.3 Å². The van der Waals surface area contributed by atoms with Gasteiger partial charge in [0.25, 0.3) is 0 Å². The van der Waals surface area contributed by atoms with Gasteiger partial charge in [-0.05, 0) is 25.1 Å². The van der Waals surface area contributed by atoms with Crippen LogP contribution in [0, 0.1) is 0 Å². The van der Waals surface area contributed by atoms with E-state index in [1.807, 2.05) is 0 Å². The van der Waals surface area contributed by atoms with Crippen molar-refractivity contribution >= 4 is 11.0 Å². The molecule has 3 heterocycles. The van der Waals surface area contributed by atoms with Crippen LogP contribution in [0.25, 0.3) is 22.3 Å². The molecule has 9 N–H and O–H groups in total. The van der Waals surface area contributed by atoms with E-state index in [2.05, 4.69) is 0 Å². The molecular weight excluding hydrogens is 592 g/mol. The van der Waals surface area contributed by atoms with Gasteiger partial charge in [0.2, 0.25) is 17.5 Å². The minimum absolute atomic E-state index is 0.0151. The van der Waals surface area contributed by atoms with Crippen LogP contribution in [0.3, 0.4) is 0 Å². The van der Waals surface area contributed by atoms with E-state index in [9.17, 15) is 50.8 Å². The number of fused-ring (bicyclic) bond motifs is 1. The first-order chi connectivity index (χ1) is 20.8. The molecular formula is C28H32O16. The Kier molecular flexibility index (Phi) is 8.90. The molecule has 16 nitrogen and oxygen atoms in total. The second kappa shape index (κ2) is 12.4. The van der Waals surface area contributed by atoms with Crippen molar-refractivity contribution in [3.8, 4) is 40.1 Å². The number of methoxy groups -OCH3 is 1. The zero-order valence-electron chi connectivity index (χ0n) is 23.3. The van der Waals surface area contributed by atoms with Crippen molar-refractivity contribution < 1.29 is 74.1 Å². The Morgan fingerprint density at radius 2 is 1.48 bits per heavy atom. The monoisotopic (exact) mass is 624 g/mol. The number of aliphatic hydroxyl groups excluding tert-OH is 6. The fourth-order valence-corrected chi connectivity index (χ4v) is 4.99. The quantitative estimate of drug-likeness (QED) is 0.147. The van der Waals surface area contributed by atoms with Gasteiger partial charge in [-0.25, -0.2) is 0 Å². The summed E-state index contributed by atoms with van der Waals surface area (Å²) in [6.45, 7) is 0.845. The summed E-state index contributed by atoms with van der Waals surface area (Å²) < 4.78 is 33.2. The number of hydrogen-bond acceptors (Lipinski definition) is 16. The van der Waals surface area contributed by atoms with Crippen molar-refractivity contribution in [3.63, 3.8) is 0 Å². The van der Waals surface area contributed by atoms with Crippen LogP contribution >= 0.6 is 0 Å². The lowest BCUT2D eigenvalue weighted by molar-refractivity contribution is -0.318. The highest BCUT2D eigenvalue weighted by Gasteiger charge is 2.47. The molecule has 2 fully saturated rings. The second-order valence-electron chi connectivity index (χ2n) is 10.5. The van der Waals surface area contributed by atoms with Crippen molar-refractivity contribution in [3.05, 3.63) is 40.6 Å². The van der Waals surface area contributed by atoms with Crippen LogP contribution in [-0.2, 0) is 14.2 Å². The van der Waals surface area contributed by atoms with Gasteiger partial charge < -0.3 is 74.1 Å². The minimum atomic E-state index is -1.94. The molecule has 16 heteroatoms. The molecule has 2 aliphatic heterocycles. The number of benzene rings is 2. The molecule has 0 bridgehead atoms. The van der Waals surface area contributed by atoms with E-state index in [-0.39, 0.29) is 28.4 Å². The van der Waals surface area contributed by atoms with Crippen molar-refractivity contribution in [2.75, 3.05) is 13.7 Å². The Hall–Kier alpha value is -3.71. The maximum Gasteiger partial charge on any atom is 0.239 e. The molecule has 5 rings (SSSR count). The highest BCUT2D eigenvalue weighted by Crippen LogP contribution is 2.39. The van der Waals surface area contributed by atoms with E-state index in [1.54, 1.807) is 0 Å². The van der Waals surface area contributed by atoms with Crippen LogP contribution in [-0.4, -0.2) is 121 Å². The number of phenols is 3. The summed E-state index contributed by atoms with van der Waals surface area (Å²) in [7, 11) is 1.28. The predicted molar refractivity (Wildman–Crippen MR) is 145 cm³/mol. The van der Waals surface area contributed by atoms with Crippen molar-refractivity contribution in [1.82, 2.24) is 0 Å². The Labute approximate surface area is 248 Å².